The Morgan fingerprint density at radius 3 is 2.71 bits per heavy atom. The van der Waals surface area contributed by atoms with E-state index in [1.165, 1.54) is 0 Å². The van der Waals surface area contributed by atoms with Gasteiger partial charge in [0.1, 0.15) is 0 Å². The molecule has 2 atom stereocenters. The van der Waals surface area contributed by atoms with E-state index in [4.69, 9.17) is 0 Å². The second-order valence-corrected chi connectivity index (χ2v) is 5.06. The molecule has 0 bridgehead atoms. The van der Waals surface area contributed by atoms with Crippen molar-refractivity contribution in [1.29, 1.82) is 0 Å². The van der Waals surface area contributed by atoms with Gasteiger partial charge < -0.3 is 10.6 Å². The van der Waals surface area contributed by atoms with Gasteiger partial charge in [0.25, 0.3) is 0 Å². The molecule has 14 heavy (non-hydrogen) atoms. The van der Waals surface area contributed by atoms with E-state index < -0.39 is 0 Å². The van der Waals surface area contributed by atoms with Crippen LogP contribution in [0.1, 0.15) is 27.7 Å². The summed E-state index contributed by atoms with van der Waals surface area (Å²) >= 11 is 0. The Morgan fingerprint density at radius 1 is 1.64 bits per heavy atom. The molecule has 1 heterocycles. The van der Waals surface area contributed by atoms with Crippen molar-refractivity contribution in [3.63, 3.8) is 0 Å². The molecule has 1 saturated heterocycles. The zero-order valence-electron chi connectivity index (χ0n) is 9.68. The second kappa shape index (κ2) is 4.30. The average molecular weight is 198 g/mol. The third-order valence-corrected chi connectivity index (χ3v) is 3.36. The van der Waals surface area contributed by atoms with E-state index in [0.29, 0.717) is 5.92 Å². The van der Waals surface area contributed by atoms with Crippen LogP contribution in [0, 0.1) is 17.3 Å². The first-order chi connectivity index (χ1) is 6.46. The molecule has 1 rings (SSSR count). The molecule has 2 N–H and O–H groups in total. The summed E-state index contributed by atoms with van der Waals surface area (Å²) in [4.78, 5) is 11.4. The summed E-state index contributed by atoms with van der Waals surface area (Å²) in [5.74, 6) is 0.878. The first-order valence-electron chi connectivity index (χ1n) is 5.44. The fraction of sp³-hybridized carbons (Fsp3) is 0.909. The largest absolute Gasteiger partial charge is 0.355 e. The molecule has 2 unspecified atom stereocenters. The highest BCUT2D eigenvalue weighted by Gasteiger charge is 2.35. The van der Waals surface area contributed by atoms with Gasteiger partial charge in [-0.3, -0.25) is 4.79 Å². The van der Waals surface area contributed by atoms with E-state index >= 15 is 0 Å². The van der Waals surface area contributed by atoms with Crippen LogP contribution < -0.4 is 10.6 Å². The molecular formula is C11H22N2O. The van der Waals surface area contributed by atoms with Gasteiger partial charge in [-0.05, 0) is 12.5 Å². The van der Waals surface area contributed by atoms with E-state index in [2.05, 4.69) is 24.5 Å². The molecule has 0 aliphatic carbocycles. The number of hydrogen-bond acceptors (Lipinski definition) is 2. The predicted molar refractivity (Wildman–Crippen MR) is 58.0 cm³/mol. The molecule has 82 valence electrons. The second-order valence-electron chi connectivity index (χ2n) is 5.06. The number of carbonyl (C=O) groups excluding carboxylic acids is 1. The number of amides is 1. The summed E-state index contributed by atoms with van der Waals surface area (Å²) in [6.45, 7) is 11.2. The molecule has 3 nitrogen and oxygen atoms in total. The highest BCUT2D eigenvalue weighted by atomic mass is 16.1. The van der Waals surface area contributed by atoms with Gasteiger partial charge in [-0.1, -0.05) is 27.7 Å². The van der Waals surface area contributed by atoms with Crippen LogP contribution in [-0.4, -0.2) is 25.5 Å². The van der Waals surface area contributed by atoms with Crippen molar-refractivity contribution in [2.24, 2.45) is 17.3 Å². The molecule has 1 aliphatic rings. The molecular weight excluding hydrogens is 176 g/mol. The summed E-state index contributed by atoms with van der Waals surface area (Å²) in [6.07, 6.45) is 0. The van der Waals surface area contributed by atoms with Crippen molar-refractivity contribution >= 4 is 5.91 Å². The Hall–Kier alpha value is -0.570. The Kier molecular flexibility index (Phi) is 3.53. The third-order valence-electron chi connectivity index (χ3n) is 3.36. The van der Waals surface area contributed by atoms with E-state index in [0.717, 1.165) is 19.6 Å². The summed E-state index contributed by atoms with van der Waals surface area (Å²) in [5.41, 5.74) is 0.227. The van der Waals surface area contributed by atoms with Gasteiger partial charge in [0.05, 0.1) is 0 Å². The molecule has 0 spiro atoms. The van der Waals surface area contributed by atoms with Crippen molar-refractivity contribution < 1.29 is 4.79 Å². The fourth-order valence-electron chi connectivity index (χ4n) is 1.72. The first-order valence-corrected chi connectivity index (χ1v) is 5.44. The molecule has 0 radical (unpaired) electrons. The summed E-state index contributed by atoms with van der Waals surface area (Å²) in [5, 5.41) is 6.38. The van der Waals surface area contributed by atoms with Crippen LogP contribution in [0.2, 0.25) is 0 Å². The van der Waals surface area contributed by atoms with Gasteiger partial charge in [0.15, 0.2) is 0 Å². The number of rotatable bonds is 3. The minimum absolute atomic E-state index is 0.0864. The van der Waals surface area contributed by atoms with Crippen LogP contribution in [0.25, 0.3) is 0 Å². The zero-order valence-corrected chi connectivity index (χ0v) is 9.68. The maximum Gasteiger partial charge on any atom is 0.222 e. The number of nitrogens with one attached hydrogen (secondary N) is 2. The highest BCUT2D eigenvalue weighted by Crippen LogP contribution is 2.29. The summed E-state index contributed by atoms with van der Waals surface area (Å²) in [6, 6.07) is 0. The van der Waals surface area contributed by atoms with Crippen LogP contribution in [0.5, 0.6) is 0 Å². The highest BCUT2D eigenvalue weighted by molar-refractivity contribution is 5.77. The quantitative estimate of drug-likeness (QED) is 0.710. The van der Waals surface area contributed by atoms with Crippen LogP contribution in [-0.2, 0) is 4.79 Å². The van der Waals surface area contributed by atoms with Crippen LogP contribution in [0.15, 0.2) is 0 Å². The maximum atomic E-state index is 11.4. The van der Waals surface area contributed by atoms with Crippen molar-refractivity contribution in [3.8, 4) is 0 Å². The zero-order chi connectivity index (χ0) is 10.8. The van der Waals surface area contributed by atoms with Gasteiger partial charge in [0.2, 0.25) is 5.91 Å². The Balaban J connectivity index is 2.40. The standard InChI is InChI=1S/C11H22N2O/c1-8(2)10(14)13-7-11(4)6-12-5-9(11)3/h8-9,12H,5-7H2,1-4H3,(H,13,14). The minimum atomic E-state index is 0.0864. The van der Waals surface area contributed by atoms with Crippen LogP contribution in [0.4, 0.5) is 0 Å². The molecule has 1 aliphatic heterocycles. The number of hydrogen-bond donors (Lipinski definition) is 2. The van der Waals surface area contributed by atoms with Gasteiger partial charge >= 0.3 is 0 Å². The minimum Gasteiger partial charge on any atom is -0.355 e. The SMILES string of the molecule is CC(C)C(=O)NCC1(C)CNCC1C. The third kappa shape index (κ3) is 2.47. The number of carbonyl (C=O) groups is 1. The van der Waals surface area contributed by atoms with Crippen molar-refractivity contribution in [1.82, 2.24) is 10.6 Å². The Morgan fingerprint density at radius 2 is 2.29 bits per heavy atom. The Labute approximate surface area is 86.6 Å². The lowest BCUT2D eigenvalue weighted by Crippen LogP contribution is -2.41. The average Bonchev–Trinajstić information content (AvgIpc) is 2.44. The molecule has 0 saturated carbocycles. The molecule has 0 aromatic carbocycles. The molecule has 0 aromatic heterocycles. The van der Waals surface area contributed by atoms with Gasteiger partial charge in [0, 0.05) is 24.4 Å². The normalized spacial score (nSPS) is 32.2. The van der Waals surface area contributed by atoms with E-state index in [1.807, 2.05) is 13.8 Å². The van der Waals surface area contributed by atoms with E-state index in [1.54, 1.807) is 0 Å². The molecule has 0 aromatic rings. The molecule has 1 fully saturated rings. The summed E-state index contributed by atoms with van der Waals surface area (Å²) in [7, 11) is 0. The van der Waals surface area contributed by atoms with Gasteiger partial charge in [-0.25, -0.2) is 0 Å². The van der Waals surface area contributed by atoms with Crippen LogP contribution >= 0.6 is 0 Å². The van der Waals surface area contributed by atoms with Crippen molar-refractivity contribution in [2.75, 3.05) is 19.6 Å². The van der Waals surface area contributed by atoms with Crippen molar-refractivity contribution in [2.45, 2.75) is 27.7 Å². The van der Waals surface area contributed by atoms with E-state index in [-0.39, 0.29) is 17.2 Å². The molecule has 1 amide bonds. The molecule has 3 heteroatoms. The smallest absolute Gasteiger partial charge is 0.222 e. The lowest BCUT2D eigenvalue weighted by Gasteiger charge is -2.28. The predicted octanol–water partition coefficient (Wildman–Crippen LogP) is 1.00. The summed E-state index contributed by atoms with van der Waals surface area (Å²) < 4.78 is 0. The lowest BCUT2D eigenvalue weighted by atomic mass is 9.81. The topological polar surface area (TPSA) is 41.1 Å². The maximum absolute atomic E-state index is 11.4. The van der Waals surface area contributed by atoms with Crippen molar-refractivity contribution in [3.05, 3.63) is 0 Å². The monoisotopic (exact) mass is 198 g/mol. The lowest BCUT2D eigenvalue weighted by molar-refractivity contribution is -0.124. The fourth-order valence-corrected chi connectivity index (χ4v) is 1.72. The van der Waals surface area contributed by atoms with E-state index in [9.17, 15) is 4.79 Å². The first kappa shape index (κ1) is 11.5. The van der Waals surface area contributed by atoms with Gasteiger partial charge in [-0.15, -0.1) is 0 Å². The Bertz CT molecular complexity index is 215. The van der Waals surface area contributed by atoms with Gasteiger partial charge in [-0.2, -0.15) is 0 Å². The van der Waals surface area contributed by atoms with Crippen LogP contribution in [0.3, 0.4) is 0 Å².